The van der Waals surface area contributed by atoms with Crippen LogP contribution in [0.4, 0.5) is 4.79 Å². The molecule has 12 atom stereocenters. The van der Waals surface area contributed by atoms with E-state index < -0.39 is 131 Å². The number of rotatable bonds is 21. The van der Waals surface area contributed by atoms with E-state index in [0.29, 0.717) is 16.9 Å². The third-order valence-corrected chi connectivity index (χ3v) is 17.9. The number of halogens is 1. The SMILES string of the molecule is CC(=O)OC1C(=O)[C@@]2(C)C(C(CC(=O)c3ccccc3)[C@]3(O)C[C@H](OC(=O)[C@H](OC(=O)OCCSSCCOC(=O)CCl)[C@@H](NC(O)c4ccccc4)c4ccccc4)C(C)=C1C3(C)C)[C@]1(OC(C)=O)CO[C@@H]1C[C@@H]2O. The zero-order valence-electron chi connectivity index (χ0n) is 43.0. The standard InChI is InChI=1S/C55H64ClNO17S2/c1-31-39(72-50(65)46(73-51(66)69-23-25-76-75-24-22-68-42(62)29-56)44(35-18-12-8-13-19-35)57-49(64)36-20-14-9-15-21-36)28-55(67)37(26-38(60)34-16-10-7-11-17-34)47-53(6,40(61)27-41-54(47,30-70-41)74-33(3)59)48(63)45(71-32(2)58)43(31)52(55,4)5/h7-21,37,39-41,44-47,49,57,61,64,67H,22-30H2,1-6H3/t37?,39-,40-,41+,44-,45?,46+,47?,49?,53+,54-,55+/m0/s1. The summed E-state index contributed by atoms with van der Waals surface area (Å²) in [5.74, 6) is -7.08. The van der Waals surface area contributed by atoms with E-state index in [2.05, 4.69) is 5.32 Å². The summed E-state index contributed by atoms with van der Waals surface area (Å²) in [6.45, 7) is 8.19. The van der Waals surface area contributed by atoms with E-state index in [1.165, 1.54) is 35.4 Å². The molecule has 21 heteroatoms. The quantitative estimate of drug-likeness (QED) is 0.0128. The van der Waals surface area contributed by atoms with Crippen molar-refractivity contribution in [2.45, 2.75) is 115 Å². The molecule has 0 spiro atoms. The fourth-order valence-corrected chi connectivity index (χ4v) is 13.4. The van der Waals surface area contributed by atoms with Gasteiger partial charge in [-0.3, -0.25) is 29.3 Å². The largest absolute Gasteiger partial charge is 0.509 e. The third-order valence-electron chi connectivity index (χ3n) is 15.3. The van der Waals surface area contributed by atoms with Gasteiger partial charge in [0, 0.05) is 67.4 Å². The highest BCUT2D eigenvalue weighted by Crippen LogP contribution is 2.66. The van der Waals surface area contributed by atoms with Crippen LogP contribution >= 0.6 is 33.2 Å². The van der Waals surface area contributed by atoms with Gasteiger partial charge in [0.1, 0.15) is 37.5 Å². The summed E-state index contributed by atoms with van der Waals surface area (Å²) in [5, 5.41) is 41.0. The van der Waals surface area contributed by atoms with Crippen molar-refractivity contribution in [2.75, 3.05) is 37.2 Å². The van der Waals surface area contributed by atoms with Gasteiger partial charge in [-0.15, -0.1) is 11.6 Å². The van der Waals surface area contributed by atoms with E-state index >= 15 is 9.59 Å². The van der Waals surface area contributed by atoms with Gasteiger partial charge in [0.2, 0.25) is 6.10 Å². The summed E-state index contributed by atoms with van der Waals surface area (Å²) in [6.07, 6.45) is -11.7. The molecule has 1 heterocycles. The van der Waals surface area contributed by atoms with Crippen LogP contribution in [0, 0.1) is 22.7 Å². The highest BCUT2D eigenvalue weighted by Gasteiger charge is 2.77. The smallest absolute Gasteiger partial charge is 0.464 e. The number of aliphatic hydroxyl groups is 3. The van der Waals surface area contributed by atoms with Gasteiger partial charge in [0.15, 0.2) is 23.3 Å². The predicted octanol–water partition coefficient (Wildman–Crippen LogP) is 6.57. The maximum absolute atomic E-state index is 15.8. The Morgan fingerprint density at radius 1 is 0.842 bits per heavy atom. The molecule has 0 radical (unpaired) electrons. The average molecular weight is 1110 g/mol. The first-order valence-corrected chi connectivity index (χ1v) is 27.9. The third kappa shape index (κ3) is 11.9. The predicted molar refractivity (Wildman–Crippen MR) is 278 cm³/mol. The fraction of sp³-hybridized carbons (Fsp3) is 0.509. The second-order valence-corrected chi connectivity index (χ2v) is 23.1. The highest BCUT2D eigenvalue weighted by molar-refractivity contribution is 8.76. The molecule has 7 rings (SSSR count). The molecule has 1 saturated heterocycles. The normalized spacial score (nSPS) is 28.5. The van der Waals surface area contributed by atoms with Crippen LogP contribution in [-0.4, -0.2) is 136 Å². The molecule has 4 aliphatic rings. The van der Waals surface area contributed by atoms with E-state index in [4.69, 9.17) is 44.8 Å². The van der Waals surface area contributed by atoms with Gasteiger partial charge in [-0.1, -0.05) is 126 Å². The molecular weight excluding hydrogens is 1050 g/mol. The van der Waals surface area contributed by atoms with Crippen molar-refractivity contribution in [3.05, 3.63) is 119 Å². The summed E-state index contributed by atoms with van der Waals surface area (Å²) in [6, 6.07) is 23.7. The van der Waals surface area contributed by atoms with Gasteiger partial charge < -0.3 is 48.5 Å². The number of fused-ring (bicyclic) bond motifs is 5. The molecule has 2 bridgehead atoms. The lowest BCUT2D eigenvalue weighted by atomic mass is 9.42. The molecule has 0 aromatic heterocycles. The minimum atomic E-state index is -2.26. The van der Waals surface area contributed by atoms with Crippen molar-refractivity contribution in [1.82, 2.24) is 5.32 Å². The molecule has 0 amide bonds. The maximum Gasteiger partial charge on any atom is 0.509 e. The number of hydrogen-bond acceptors (Lipinski definition) is 20. The lowest BCUT2D eigenvalue weighted by Gasteiger charge is -2.68. The number of esters is 4. The molecule has 3 aromatic carbocycles. The topological polar surface area (TPSA) is 257 Å². The number of ketones is 2. The Morgan fingerprint density at radius 3 is 2.00 bits per heavy atom. The Kier molecular flexibility index (Phi) is 18.9. The number of Topliss-reactive ketones (excluding diaryl/α,β-unsaturated/α-hetero) is 2. The van der Waals surface area contributed by atoms with Crippen LogP contribution in [0.3, 0.4) is 0 Å². The van der Waals surface area contributed by atoms with Crippen molar-refractivity contribution < 1.29 is 82.0 Å². The summed E-state index contributed by atoms with van der Waals surface area (Å²) in [7, 11) is 2.66. The zero-order valence-corrected chi connectivity index (χ0v) is 45.4. The number of hydrogen-bond donors (Lipinski definition) is 4. The maximum atomic E-state index is 15.8. The molecule has 4 N–H and O–H groups in total. The van der Waals surface area contributed by atoms with E-state index in [1.54, 1.807) is 112 Å². The second-order valence-electron chi connectivity index (χ2n) is 20.1. The van der Waals surface area contributed by atoms with Gasteiger partial charge in [-0.05, 0) is 36.1 Å². The lowest BCUT2D eigenvalue weighted by Crippen LogP contribution is -2.80. The Bertz CT molecular complexity index is 2640. The number of carbonyl (C=O) groups excluding carboxylic acids is 7. The molecule has 3 fully saturated rings. The molecule has 3 aromatic rings. The van der Waals surface area contributed by atoms with E-state index in [1.807, 2.05) is 0 Å². The van der Waals surface area contributed by atoms with Gasteiger partial charge in [-0.2, -0.15) is 0 Å². The monoisotopic (exact) mass is 1110 g/mol. The van der Waals surface area contributed by atoms with Gasteiger partial charge >= 0.3 is 30.0 Å². The number of nitrogens with one attached hydrogen (secondary N) is 1. The number of aliphatic hydroxyl groups excluding tert-OH is 2. The molecule has 76 heavy (non-hydrogen) atoms. The van der Waals surface area contributed by atoms with Crippen LogP contribution in [0.15, 0.2) is 102 Å². The zero-order chi connectivity index (χ0) is 55.2. The molecule has 2 saturated carbocycles. The van der Waals surface area contributed by atoms with Crippen molar-refractivity contribution in [3.8, 4) is 0 Å². The molecule has 410 valence electrons. The highest BCUT2D eigenvalue weighted by atomic mass is 35.5. The Morgan fingerprint density at radius 2 is 1.43 bits per heavy atom. The first-order valence-electron chi connectivity index (χ1n) is 24.9. The van der Waals surface area contributed by atoms with Crippen LogP contribution in [-0.2, 0) is 57.1 Å². The van der Waals surface area contributed by atoms with Gasteiger partial charge in [0.05, 0.1) is 29.8 Å². The summed E-state index contributed by atoms with van der Waals surface area (Å²) < 4.78 is 40.9. The Labute approximate surface area is 453 Å². The minimum Gasteiger partial charge on any atom is -0.464 e. The first-order chi connectivity index (χ1) is 36.1. The summed E-state index contributed by atoms with van der Waals surface area (Å²) in [5.41, 5.74) is -6.36. The van der Waals surface area contributed by atoms with Crippen molar-refractivity contribution in [2.24, 2.45) is 22.7 Å². The van der Waals surface area contributed by atoms with Crippen molar-refractivity contribution in [3.63, 3.8) is 0 Å². The molecule has 3 aliphatic carbocycles. The Hall–Kier alpha value is -5.32. The fourth-order valence-electron chi connectivity index (χ4n) is 11.7. The Balaban J connectivity index is 1.33. The number of carbonyl (C=O) groups is 7. The molecule has 18 nitrogen and oxygen atoms in total. The molecule has 1 aliphatic heterocycles. The lowest BCUT2D eigenvalue weighted by molar-refractivity contribution is -0.339. The number of alkyl halides is 1. The van der Waals surface area contributed by atoms with Crippen LogP contribution in [0.25, 0.3) is 0 Å². The van der Waals surface area contributed by atoms with E-state index in [-0.39, 0.29) is 54.6 Å². The molecular formula is C55H64ClNO17S2. The number of benzene rings is 3. The summed E-state index contributed by atoms with van der Waals surface area (Å²) in [4.78, 5) is 97.5. The van der Waals surface area contributed by atoms with E-state index in [0.717, 1.165) is 6.92 Å². The van der Waals surface area contributed by atoms with Crippen LogP contribution < -0.4 is 5.32 Å². The van der Waals surface area contributed by atoms with Crippen LogP contribution in [0.1, 0.15) is 94.6 Å². The number of ether oxygens (including phenoxy) is 7. The first kappa shape index (κ1) is 58.4. The average Bonchev–Trinajstić information content (AvgIpc) is 3.59. The second kappa shape index (κ2) is 24.6. The van der Waals surface area contributed by atoms with Crippen LogP contribution in [0.2, 0.25) is 0 Å². The van der Waals surface area contributed by atoms with Gasteiger partial charge in [0.25, 0.3) is 0 Å². The van der Waals surface area contributed by atoms with Crippen LogP contribution in [0.5, 0.6) is 0 Å². The van der Waals surface area contributed by atoms with Gasteiger partial charge in [-0.25, -0.2) is 9.59 Å². The minimum absolute atomic E-state index is 0.0264. The summed E-state index contributed by atoms with van der Waals surface area (Å²) >= 11 is 5.48. The van der Waals surface area contributed by atoms with Crippen molar-refractivity contribution >= 4 is 74.8 Å². The molecule has 4 unspecified atom stereocenters. The van der Waals surface area contributed by atoms with Crippen molar-refractivity contribution in [1.29, 1.82) is 0 Å². The van der Waals surface area contributed by atoms with E-state index in [9.17, 15) is 39.3 Å².